The fourth-order valence-corrected chi connectivity index (χ4v) is 7.26. The second-order valence-corrected chi connectivity index (χ2v) is 9.97. The Morgan fingerprint density at radius 2 is 2.07 bits per heavy atom. The number of nitrogens with one attached hydrogen (secondary N) is 1. The van der Waals surface area contributed by atoms with Crippen LogP contribution in [0.3, 0.4) is 0 Å². The van der Waals surface area contributed by atoms with Crippen molar-refractivity contribution >= 4 is 59.4 Å². The molecule has 0 aliphatic carbocycles. The van der Waals surface area contributed by atoms with Gasteiger partial charge in [-0.15, -0.1) is 22.7 Å². The van der Waals surface area contributed by atoms with Crippen molar-refractivity contribution in [2.24, 2.45) is 0 Å². The van der Waals surface area contributed by atoms with E-state index in [2.05, 4.69) is 59.9 Å². The molecule has 2 nitrogen and oxygen atoms in total. The Hall–Kier alpha value is -2.43. The van der Waals surface area contributed by atoms with Gasteiger partial charge in [0.2, 0.25) is 0 Å². The van der Waals surface area contributed by atoms with Crippen molar-refractivity contribution in [3.63, 3.8) is 0 Å². The van der Waals surface area contributed by atoms with Gasteiger partial charge in [0.15, 0.2) is 0 Å². The normalized spacial score (nSPS) is 16.4. The molecule has 0 spiro atoms. The highest BCUT2D eigenvalue weighted by Gasteiger charge is 2.24. The molecular formula is C25H22N2S2. The molecule has 1 aliphatic rings. The molecular weight excluding hydrogens is 392 g/mol. The Balaban J connectivity index is 1.46. The number of hydrogen-bond acceptors (Lipinski definition) is 4. The van der Waals surface area contributed by atoms with E-state index in [9.17, 15) is 0 Å². The van der Waals surface area contributed by atoms with Gasteiger partial charge in [0.1, 0.15) is 0 Å². The maximum Gasteiger partial charge on any atom is 0.0936 e. The number of fused-ring (bicyclic) bond motifs is 5. The maximum atomic E-state index is 4.63. The van der Waals surface area contributed by atoms with Gasteiger partial charge in [0.05, 0.1) is 11.2 Å². The Bertz CT molecular complexity index is 1390. The number of hydrogen-bond donors (Lipinski definition) is 1. The van der Waals surface area contributed by atoms with Crippen LogP contribution in [0.5, 0.6) is 0 Å². The first kappa shape index (κ1) is 17.4. The summed E-state index contributed by atoms with van der Waals surface area (Å²) >= 11 is 3.89. The first-order chi connectivity index (χ1) is 14.2. The molecule has 6 rings (SSSR count). The number of aryl methyl sites for hydroxylation is 2. The van der Waals surface area contributed by atoms with Crippen LogP contribution in [0.15, 0.2) is 48.0 Å². The second-order valence-electron chi connectivity index (χ2n) is 7.97. The summed E-state index contributed by atoms with van der Waals surface area (Å²) in [6, 6.07) is 13.4. The molecule has 0 saturated carbocycles. The van der Waals surface area contributed by atoms with Crippen LogP contribution in [-0.2, 0) is 12.8 Å². The first-order valence-corrected chi connectivity index (χ1v) is 12.0. The van der Waals surface area contributed by atoms with E-state index in [1.807, 2.05) is 34.9 Å². The summed E-state index contributed by atoms with van der Waals surface area (Å²) in [7, 11) is 0. The number of aromatic nitrogens is 1. The number of pyridine rings is 1. The molecule has 1 aliphatic heterocycles. The van der Waals surface area contributed by atoms with Crippen LogP contribution in [0.4, 0.5) is 5.69 Å². The smallest absolute Gasteiger partial charge is 0.0936 e. The predicted octanol–water partition coefficient (Wildman–Crippen LogP) is 7.29. The van der Waals surface area contributed by atoms with E-state index >= 15 is 0 Å². The van der Waals surface area contributed by atoms with E-state index in [1.165, 1.54) is 52.8 Å². The summed E-state index contributed by atoms with van der Waals surface area (Å²) in [6.45, 7) is 5.56. The van der Waals surface area contributed by atoms with Crippen molar-refractivity contribution in [3.05, 3.63) is 69.5 Å². The van der Waals surface area contributed by atoms with E-state index < -0.39 is 0 Å². The summed E-state index contributed by atoms with van der Waals surface area (Å²) < 4.78 is 2.96. The highest BCUT2D eigenvalue weighted by molar-refractivity contribution is 7.20. The molecule has 0 radical (unpaired) electrons. The van der Waals surface area contributed by atoms with E-state index in [4.69, 9.17) is 0 Å². The molecule has 1 unspecified atom stereocenters. The molecule has 2 aromatic carbocycles. The van der Waals surface area contributed by atoms with E-state index in [0.29, 0.717) is 5.92 Å². The molecule has 4 heterocycles. The summed E-state index contributed by atoms with van der Waals surface area (Å²) in [5, 5.41) is 10.1. The van der Waals surface area contributed by atoms with E-state index in [-0.39, 0.29) is 0 Å². The highest BCUT2D eigenvalue weighted by Crippen LogP contribution is 2.44. The van der Waals surface area contributed by atoms with Gasteiger partial charge in [0, 0.05) is 38.3 Å². The lowest BCUT2D eigenvalue weighted by Crippen LogP contribution is -2.21. The summed E-state index contributed by atoms with van der Waals surface area (Å²) in [5.41, 5.74) is 6.69. The number of nitrogens with zero attached hydrogens (tertiary/aromatic N) is 1. The fraction of sp³-hybridized carbons (Fsp3) is 0.240. The van der Waals surface area contributed by atoms with Crippen LogP contribution in [0.1, 0.15) is 34.4 Å². The summed E-state index contributed by atoms with van der Waals surface area (Å²) in [4.78, 5) is 6.14. The third-order valence-corrected chi connectivity index (χ3v) is 8.76. The second kappa shape index (κ2) is 6.54. The minimum Gasteiger partial charge on any atom is -0.382 e. The molecule has 1 N–H and O–H groups in total. The quantitative estimate of drug-likeness (QED) is 0.328. The van der Waals surface area contributed by atoms with Crippen molar-refractivity contribution in [2.75, 3.05) is 11.9 Å². The lowest BCUT2D eigenvalue weighted by Gasteiger charge is -2.26. The van der Waals surface area contributed by atoms with E-state index in [1.54, 1.807) is 0 Å². The zero-order chi connectivity index (χ0) is 19.5. The summed E-state index contributed by atoms with van der Waals surface area (Å²) in [6.07, 6.45) is 4.06. The Labute approximate surface area is 178 Å². The number of thiophene rings is 2. The molecule has 3 aromatic heterocycles. The monoisotopic (exact) mass is 414 g/mol. The molecule has 29 heavy (non-hydrogen) atoms. The van der Waals surface area contributed by atoms with Gasteiger partial charge in [-0.05, 0) is 70.8 Å². The summed E-state index contributed by atoms with van der Waals surface area (Å²) in [5.74, 6) is 0.517. The zero-order valence-electron chi connectivity index (χ0n) is 16.6. The van der Waals surface area contributed by atoms with Crippen molar-refractivity contribution < 1.29 is 0 Å². The zero-order valence-corrected chi connectivity index (χ0v) is 18.2. The third-order valence-electron chi connectivity index (χ3n) is 6.37. The molecule has 144 valence electrons. The SMILES string of the molecule is CCc1c2ccsc2c(C)c2cc(C3CNc4c(ccc5cccnc45)C3)sc12. The van der Waals surface area contributed by atoms with Crippen LogP contribution < -0.4 is 5.32 Å². The molecule has 4 heteroatoms. The van der Waals surface area contributed by atoms with Crippen LogP contribution in [-0.4, -0.2) is 11.5 Å². The first-order valence-electron chi connectivity index (χ1n) is 10.3. The van der Waals surface area contributed by atoms with Crippen molar-refractivity contribution in [2.45, 2.75) is 32.6 Å². The maximum absolute atomic E-state index is 4.63. The standard InChI is InChI=1S/C25H22N2S2/c1-3-18-19-8-10-28-24(19)14(2)20-12-21(29-25(18)20)17-11-16-7-6-15-5-4-9-26-22(15)23(16)27-13-17/h4-10,12,17,27H,3,11,13H2,1-2H3. The molecule has 5 aromatic rings. The molecule has 0 saturated heterocycles. The highest BCUT2D eigenvalue weighted by atomic mass is 32.1. The molecule has 0 amide bonds. The van der Waals surface area contributed by atoms with Gasteiger partial charge in [-0.1, -0.05) is 25.1 Å². The van der Waals surface area contributed by atoms with Crippen LogP contribution in [0.2, 0.25) is 0 Å². The number of rotatable bonds is 2. The van der Waals surface area contributed by atoms with Crippen molar-refractivity contribution in [1.82, 2.24) is 4.98 Å². The fourth-order valence-electron chi connectivity index (χ4n) is 4.87. The minimum atomic E-state index is 0.517. The van der Waals surface area contributed by atoms with Crippen LogP contribution in [0, 0.1) is 6.92 Å². The average Bonchev–Trinajstić information content (AvgIpc) is 3.42. The Morgan fingerprint density at radius 1 is 1.14 bits per heavy atom. The molecule has 1 atom stereocenters. The van der Waals surface area contributed by atoms with Crippen LogP contribution >= 0.6 is 22.7 Å². The topological polar surface area (TPSA) is 24.9 Å². The Morgan fingerprint density at radius 3 is 2.97 bits per heavy atom. The van der Waals surface area contributed by atoms with Crippen LogP contribution in [0.25, 0.3) is 31.1 Å². The van der Waals surface area contributed by atoms with Gasteiger partial charge in [-0.3, -0.25) is 4.98 Å². The lowest BCUT2D eigenvalue weighted by atomic mass is 9.91. The van der Waals surface area contributed by atoms with Gasteiger partial charge >= 0.3 is 0 Å². The van der Waals surface area contributed by atoms with Gasteiger partial charge in [0.25, 0.3) is 0 Å². The predicted molar refractivity (Wildman–Crippen MR) is 128 cm³/mol. The van der Waals surface area contributed by atoms with Gasteiger partial charge < -0.3 is 5.32 Å². The number of anilines is 1. The van der Waals surface area contributed by atoms with Gasteiger partial charge in [-0.2, -0.15) is 0 Å². The van der Waals surface area contributed by atoms with E-state index in [0.717, 1.165) is 24.9 Å². The third kappa shape index (κ3) is 2.55. The number of benzene rings is 2. The largest absolute Gasteiger partial charge is 0.382 e. The van der Waals surface area contributed by atoms with Crippen molar-refractivity contribution in [3.8, 4) is 0 Å². The minimum absolute atomic E-state index is 0.517. The Kier molecular flexibility index (Phi) is 3.93. The lowest BCUT2D eigenvalue weighted by molar-refractivity contribution is 0.709. The van der Waals surface area contributed by atoms with Crippen molar-refractivity contribution in [1.29, 1.82) is 0 Å². The van der Waals surface area contributed by atoms with Gasteiger partial charge in [-0.25, -0.2) is 0 Å². The molecule has 0 fully saturated rings. The molecule has 0 bridgehead atoms. The average molecular weight is 415 g/mol.